The molecular weight excluding hydrogens is 230 g/mol. The highest BCUT2D eigenvalue weighted by Gasteiger charge is 1.99. The van der Waals surface area contributed by atoms with Gasteiger partial charge in [0, 0.05) is 25.3 Å². The van der Waals surface area contributed by atoms with Crippen LogP contribution in [0.25, 0.3) is 6.08 Å². The van der Waals surface area contributed by atoms with Crippen LogP contribution in [0, 0.1) is 0 Å². The zero-order valence-electron chi connectivity index (χ0n) is 10.8. The zero-order chi connectivity index (χ0) is 13.2. The molecule has 0 unspecified atom stereocenters. The van der Waals surface area contributed by atoms with Crippen molar-refractivity contribution >= 4 is 12.0 Å². The molecule has 0 aliphatic rings. The van der Waals surface area contributed by atoms with Gasteiger partial charge in [-0.05, 0) is 19.1 Å². The maximum Gasteiger partial charge on any atom is 0.244 e. The highest BCUT2D eigenvalue weighted by atomic mass is 16.5. The number of benzene rings is 1. The molecular formula is C14H19NO3. The number of para-hydroxylation sites is 1. The van der Waals surface area contributed by atoms with Crippen molar-refractivity contribution in [2.75, 3.05) is 26.9 Å². The van der Waals surface area contributed by atoms with Crippen LogP contribution in [-0.4, -0.2) is 32.8 Å². The fourth-order valence-electron chi connectivity index (χ4n) is 1.41. The average Bonchev–Trinajstić information content (AvgIpc) is 2.38. The molecule has 1 N–H and O–H groups in total. The molecule has 0 fully saturated rings. The maximum absolute atomic E-state index is 11.5. The Balaban J connectivity index is 2.57. The monoisotopic (exact) mass is 249 g/mol. The molecule has 98 valence electrons. The second-order valence-corrected chi connectivity index (χ2v) is 3.59. The Labute approximate surface area is 108 Å². The second kappa shape index (κ2) is 8.31. The summed E-state index contributed by atoms with van der Waals surface area (Å²) in [6.45, 7) is 3.55. The summed E-state index contributed by atoms with van der Waals surface area (Å²) in [5.41, 5.74) is 0.890. The lowest BCUT2D eigenvalue weighted by Crippen LogP contribution is -2.24. The van der Waals surface area contributed by atoms with Crippen LogP contribution < -0.4 is 10.1 Å². The summed E-state index contributed by atoms with van der Waals surface area (Å²) in [6, 6.07) is 7.60. The first-order valence-corrected chi connectivity index (χ1v) is 5.94. The van der Waals surface area contributed by atoms with Gasteiger partial charge in [0.1, 0.15) is 5.75 Å². The third kappa shape index (κ3) is 5.01. The van der Waals surface area contributed by atoms with Crippen LogP contribution in [0.4, 0.5) is 0 Å². The molecule has 4 heteroatoms. The Morgan fingerprint density at radius 1 is 1.39 bits per heavy atom. The number of ether oxygens (including phenoxy) is 2. The lowest BCUT2D eigenvalue weighted by Gasteiger charge is -2.06. The molecule has 0 heterocycles. The van der Waals surface area contributed by atoms with Gasteiger partial charge in [0.05, 0.1) is 13.2 Å². The van der Waals surface area contributed by atoms with E-state index in [1.807, 2.05) is 31.2 Å². The summed E-state index contributed by atoms with van der Waals surface area (Å²) in [7, 11) is 1.60. The molecule has 0 atom stereocenters. The highest BCUT2D eigenvalue weighted by Crippen LogP contribution is 2.19. The number of nitrogens with one attached hydrogen (secondary N) is 1. The Bertz CT molecular complexity index is 402. The van der Waals surface area contributed by atoms with Gasteiger partial charge in [0.2, 0.25) is 5.91 Å². The fraction of sp³-hybridized carbons (Fsp3) is 0.357. The van der Waals surface area contributed by atoms with E-state index in [0.717, 1.165) is 11.3 Å². The molecule has 0 aliphatic heterocycles. The quantitative estimate of drug-likeness (QED) is 0.592. The molecule has 1 rings (SSSR count). The molecule has 0 aromatic heterocycles. The molecule has 0 saturated carbocycles. The molecule has 0 bridgehead atoms. The lowest BCUT2D eigenvalue weighted by atomic mass is 10.2. The van der Waals surface area contributed by atoms with Crippen LogP contribution in [0.1, 0.15) is 12.5 Å². The predicted molar refractivity (Wildman–Crippen MR) is 71.5 cm³/mol. The van der Waals surface area contributed by atoms with Gasteiger partial charge in [-0.3, -0.25) is 4.79 Å². The summed E-state index contributed by atoms with van der Waals surface area (Å²) in [6.07, 6.45) is 3.24. The fourth-order valence-corrected chi connectivity index (χ4v) is 1.41. The van der Waals surface area contributed by atoms with Gasteiger partial charge in [-0.1, -0.05) is 18.2 Å². The van der Waals surface area contributed by atoms with Crippen LogP contribution in [0.3, 0.4) is 0 Å². The molecule has 1 aromatic carbocycles. The van der Waals surface area contributed by atoms with Crippen molar-refractivity contribution in [1.29, 1.82) is 0 Å². The number of hydrogen-bond acceptors (Lipinski definition) is 3. The van der Waals surface area contributed by atoms with Crippen molar-refractivity contribution in [3.8, 4) is 5.75 Å². The van der Waals surface area contributed by atoms with Crippen molar-refractivity contribution < 1.29 is 14.3 Å². The number of carbonyl (C=O) groups is 1. The summed E-state index contributed by atoms with van der Waals surface area (Å²) in [5, 5.41) is 2.71. The predicted octanol–water partition coefficient (Wildman–Crippen LogP) is 1.86. The summed E-state index contributed by atoms with van der Waals surface area (Å²) in [5.74, 6) is 0.638. The lowest BCUT2D eigenvalue weighted by molar-refractivity contribution is -0.116. The van der Waals surface area contributed by atoms with E-state index in [4.69, 9.17) is 9.47 Å². The molecule has 1 aromatic rings. The Morgan fingerprint density at radius 3 is 2.89 bits per heavy atom. The smallest absolute Gasteiger partial charge is 0.244 e. The second-order valence-electron chi connectivity index (χ2n) is 3.59. The molecule has 18 heavy (non-hydrogen) atoms. The standard InChI is InChI=1S/C14H19NO3/c1-3-18-13-7-5-4-6-12(13)8-9-14(16)15-10-11-17-2/h4-9H,3,10-11H2,1-2H3,(H,15,16). The van der Waals surface area contributed by atoms with Gasteiger partial charge in [0.15, 0.2) is 0 Å². The summed E-state index contributed by atoms with van der Waals surface area (Å²) in [4.78, 5) is 11.5. The van der Waals surface area contributed by atoms with Crippen molar-refractivity contribution in [2.45, 2.75) is 6.92 Å². The molecule has 0 saturated heterocycles. The van der Waals surface area contributed by atoms with E-state index < -0.39 is 0 Å². The van der Waals surface area contributed by atoms with E-state index in [1.165, 1.54) is 6.08 Å². The van der Waals surface area contributed by atoms with E-state index in [1.54, 1.807) is 13.2 Å². The summed E-state index contributed by atoms with van der Waals surface area (Å²) < 4.78 is 10.3. The van der Waals surface area contributed by atoms with Crippen LogP contribution in [0.5, 0.6) is 5.75 Å². The van der Waals surface area contributed by atoms with Gasteiger partial charge < -0.3 is 14.8 Å². The number of rotatable bonds is 7. The van der Waals surface area contributed by atoms with Gasteiger partial charge >= 0.3 is 0 Å². The Kier molecular flexibility index (Phi) is 6.58. The van der Waals surface area contributed by atoms with Crippen LogP contribution in [0.2, 0.25) is 0 Å². The first-order chi connectivity index (χ1) is 8.77. The minimum absolute atomic E-state index is 0.140. The number of carbonyl (C=O) groups excluding carboxylic acids is 1. The van der Waals surface area contributed by atoms with Gasteiger partial charge in [-0.15, -0.1) is 0 Å². The Morgan fingerprint density at radius 2 is 2.17 bits per heavy atom. The van der Waals surface area contributed by atoms with Crippen molar-refractivity contribution in [1.82, 2.24) is 5.32 Å². The first-order valence-electron chi connectivity index (χ1n) is 5.94. The van der Waals surface area contributed by atoms with E-state index in [-0.39, 0.29) is 5.91 Å². The average molecular weight is 249 g/mol. The van der Waals surface area contributed by atoms with Crippen molar-refractivity contribution in [2.24, 2.45) is 0 Å². The van der Waals surface area contributed by atoms with E-state index in [2.05, 4.69) is 5.32 Å². The van der Waals surface area contributed by atoms with Gasteiger partial charge in [-0.25, -0.2) is 0 Å². The molecule has 4 nitrogen and oxygen atoms in total. The minimum Gasteiger partial charge on any atom is -0.493 e. The van der Waals surface area contributed by atoms with Crippen molar-refractivity contribution in [3.63, 3.8) is 0 Å². The topological polar surface area (TPSA) is 47.6 Å². The minimum atomic E-state index is -0.140. The SMILES string of the molecule is CCOc1ccccc1C=CC(=O)NCCOC. The van der Waals surface area contributed by atoms with Crippen LogP contribution in [-0.2, 0) is 9.53 Å². The van der Waals surface area contributed by atoms with Crippen LogP contribution >= 0.6 is 0 Å². The molecule has 0 spiro atoms. The molecule has 1 amide bonds. The third-order valence-corrected chi connectivity index (χ3v) is 2.24. The van der Waals surface area contributed by atoms with Gasteiger partial charge in [-0.2, -0.15) is 0 Å². The van der Waals surface area contributed by atoms with E-state index in [9.17, 15) is 4.79 Å². The van der Waals surface area contributed by atoms with Crippen LogP contribution in [0.15, 0.2) is 30.3 Å². The van der Waals surface area contributed by atoms with Gasteiger partial charge in [0.25, 0.3) is 0 Å². The first kappa shape index (κ1) is 14.3. The van der Waals surface area contributed by atoms with E-state index >= 15 is 0 Å². The third-order valence-electron chi connectivity index (χ3n) is 2.24. The van der Waals surface area contributed by atoms with E-state index in [0.29, 0.717) is 19.8 Å². The summed E-state index contributed by atoms with van der Waals surface area (Å²) >= 11 is 0. The van der Waals surface area contributed by atoms with Crippen molar-refractivity contribution in [3.05, 3.63) is 35.9 Å². The Hall–Kier alpha value is -1.81. The number of methoxy groups -OCH3 is 1. The molecule has 0 radical (unpaired) electrons. The zero-order valence-corrected chi connectivity index (χ0v) is 10.8. The highest BCUT2D eigenvalue weighted by molar-refractivity contribution is 5.92. The largest absolute Gasteiger partial charge is 0.493 e. The number of amides is 1. The maximum atomic E-state index is 11.5. The normalized spacial score (nSPS) is 10.6. The molecule has 0 aliphatic carbocycles. The number of hydrogen-bond donors (Lipinski definition) is 1.